The van der Waals surface area contributed by atoms with Crippen molar-refractivity contribution < 1.29 is 0 Å². The molecular formula is C23H27N7. The molecule has 0 unspecified atom stereocenters. The first-order valence-corrected chi connectivity index (χ1v) is 10.6. The summed E-state index contributed by atoms with van der Waals surface area (Å²) in [5.74, 6) is 1.72. The molecule has 0 spiro atoms. The molecule has 1 aliphatic heterocycles. The average Bonchev–Trinajstić information content (AvgIpc) is 3.20. The molecule has 0 atom stereocenters. The van der Waals surface area contributed by atoms with Crippen LogP contribution in [0.3, 0.4) is 0 Å². The molecule has 4 aromatic rings. The summed E-state index contributed by atoms with van der Waals surface area (Å²) < 4.78 is 2.22. The lowest BCUT2D eigenvalue weighted by Gasteiger charge is -2.30. The summed E-state index contributed by atoms with van der Waals surface area (Å²) in [6.45, 7) is 10.6. The van der Waals surface area contributed by atoms with Crippen molar-refractivity contribution in [1.82, 2.24) is 24.7 Å². The van der Waals surface area contributed by atoms with Crippen LogP contribution in [0.25, 0.3) is 16.6 Å². The van der Waals surface area contributed by atoms with E-state index in [0.717, 1.165) is 48.5 Å². The number of hydrogen-bond donors (Lipinski definition) is 2. The molecule has 0 aliphatic carbocycles. The zero-order chi connectivity index (χ0) is 20.7. The topological polar surface area (TPSA) is 70.4 Å². The highest BCUT2D eigenvalue weighted by Gasteiger charge is 2.14. The zero-order valence-electron chi connectivity index (χ0n) is 17.7. The summed E-state index contributed by atoms with van der Waals surface area (Å²) in [4.78, 5) is 16.4. The maximum Gasteiger partial charge on any atom is 0.230 e. The maximum absolute atomic E-state index is 4.84. The van der Waals surface area contributed by atoms with Gasteiger partial charge in [0.15, 0.2) is 0 Å². The standard InChI is InChI=1S/C23H27N7/c1-15(2)19-7-6-18-5-4-17-13-26-23(28-22(17)30(18)19)27-21-12-16(3)20(14-25-21)29-10-8-24-9-11-29/h4-7,12-15,24H,8-11H2,1-3H3,(H,25,26,27,28). The number of fused-ring (bicyclic) bond motifs is 3. The number of nitrogens with one attached hydrogen (secondary N) is 2. The molecule has 0 bridgehead atoms. The molecular weight excluding hydrogens is 374 g/mol. The molecule has 0 saturated carbocycles. The fourth-order valence-electron chi connectivity index (χ4n) is 4.18. The van der Waals surface area contributed by atoms with Crippen molar-refractivity contribution in [3.05, 3.63) is 54.0 Å². The Hall–Kier alpha value is -3.19. The first-order valence-electron chi connectivity index (χ1n) is 10.6. The molecule has 1 fully saturated rings. The van der Waals surface area contributed by atoms with Crippen molar-refractivity contribution in [2.45, 2.75) is 26.7 Å². The summed E-state index contributed by atoms with van der Waals surface area (Å²) >= 11 is 0. The highest BCUT2D eigenvalue weighted by Crippen LogP contribution is 2.26. The van der Waals surface area contributed by atoms with Crippen molar-refractivity contribution >= 4 is 34.0 Å². The summed E-state index contributed by atoms with van der Waals surface area (Å²) in [6, 6.07) is 10.6. The molecule has 1 aliphatic rings. The first-order chi connectivity index (χ1) is 14.6. The number of hydrogen-bond acceptors (Lipinski definition) is 6. The van der Waals surface area contributed by atoms with Gasteiger partial charge >= 0.3 is 0 Å². The third-order valence-corrected chi connectivity index (χ3v) is 5.75. The highest BCUT2D eigenvalue weighted by atomic mass is 15.2. The van der Waals surface area contributed by atoms with Crippen molar-refractivity contribution in [3.8, 4) is 0 Å². The van der Waals surface area contributed by atoms with Crippen molar-refractivity contribution in [2.75, 3.05) is 36.4 Å². The number of aryl methyl sites for hydroxylation is 1. The van der Waals surface area contributed by atoms with Crippen LogP contribution >= 0.6 is 0 Å². The third kappa shape index (κ3) is 3.35. The number of piperazine rings is 1. The molecule has 1 saturated heterocycles. The predicted molar refractivity (Wildman–Crippen MR) is 122 cm³/mol. The van der Waals surface area contributed by atoms with Gasteiger partial charge in [0.1, 0.15) is 11.5 Å². The molecule has 30 heavy (non-hydrogen) atoms. The van der Waals surface area contributed by atoms with Gasteiger partial charge in [0, 0.05) is 49.0 Å². The summed E-state index contributed by atoms with van der Waals surface area (Å²) in [5, 5.41) is 7.70. The lowest BCUT2D eigenvalue weighted by atomic mass is 10.1. The van der Waals surface area contributed by atoms with E-state index in [1.165, 1.54) is 16.9 Å². The SMILES string of the molecule is Cc1cc(Nc2ncc3ccc4ccc(C(C)C)n4c3n2)ncc1N1CCNCC1. The zero-order valence-corrected chi connectivity index (χ0v) is 17.7. The van der Waals surface area contributed by atoms with Gasteiger partial charge in [-0.15, -0.1) is 0 Å². The lowest BCUT2D eigenvalue weighted by molar-refractivity contribution is 0.588. The van der Waals surface area contributed by atoms with Crippen LogP contribution < -0.4 is 15.5 Å². The van der Waals surface area contributed by atoms with Gasteiger partial charge in [-0.2, -0.15) is 4.98 Å². The fraction of sp³-hybridized carbons (Fsp3) is 0.348. The van der Waals surface area contributed by atoms with E-state index in [4.69, 9.17) is 4.98 Å². The molecule has 7 nitrogen and oxygen atoms in total. The molecule has 5 heterocycles. The van der Waals surface area contributed by atoms with Gasteiger partial charge in [0.2, 0.25) is 5.95 Å². The van der Waals surface area contributed by atoms with E-state index in [0.29, 0.717) is 11.9 Å². The Morgan fingerprint density at radius 1 is 1.03 bits per heavy atom. The van der Waals surface area contributed by atoms with Crippen LogP contribution in [0.15, 0.2) is 42.7 Å². The van der Waals surface area contributed by atoms with E-state index in [9.17, 15) is 0 Å². The number of anilines is 3. The first kappa shape index (κ1) is 18.8. The smallest absolute Gasteiger partial charge is 0.230 e. The number of rotatable bonds is 4. The van der Waals surface area contributed by atoms with Crippen LogP contribution in [0.4, 0.5) is 17.5 Å². The van der Waals surface area contributed by atoms with E-state index >= 15 is 0 Å². The normalized spacial score (nSPS) is 14.7. The van der Waals surface area contributed by atoms with Crippen molar-refractivity contribution in [2.24, 2.45) is 0 Å². The average molecular weight is 402 g/mol. The highest BCUT2D eigenvalue weighted by molar-refractivity contribution is 5.80. The second kappa shape index (κ2) is 7.57. The van der Waals surface area contributed by atoms with E-state index in [1.807, 2.05) is 12.4 Å². The number of nitrogens with zero attached hydrogens (tertiary/aromatic N) is 5. The van der Waals surface area contributed by atoms with Crippen LogP contribution in [0.2, 0.25) is 0 Å². The van der Waals surface area contributed by atoms with Gasteiger partial charge in [-0.1, -0.05) is 13.8 Å². The predicted octanol–water partition coefficient (Wildman–Crippen LogP) is 3.86. The van der Waals surface area contributed by atoms with Crippen LogP contribution in [-0.4, -0.2) is 45.5 Å². The second-order valence-electron chi connectivity index (χ2n) is 8.20. The van der Waals surface area contributed by atoms with Crippen LogP contribution in [-0.2, 0) is 0 Å². The van der Waals surface area contributed by atoms with Crippen molar-refractivity contribution in [3.63, 3.8) is 0 Å². The molecule has 0 aromatic carbocycles. The van der Waals surface area contributed by atoms with E-state index in [2.05, 4.69) is 81.0 Å². The Kier molecular flexibility index (Phi) is 4.75. The lowest BCUT2D eigenvalue weighted by Crippen LogP contribution is -2.43. The van der Waals surface area contributed by atoms with E-state index in [1.54, 1.807) is 0 Å². The minimum atomic E-state index is 0.409. The monoisotopic (exact) mass is 401 g/mol. The van der Waals surface area contributed by atoms with E-state index in [-0.39, 0.29) is 0 Å². The molecule has 0 amide bonds. The van der Waals surface area contributed by atoms with Crippen molar-refractivity contribution in [1.29, 1.82) is 0 Å². The van der Waals surface area contributed by atoms with E-state index < -0.39 is 0 Å². The maximum atomic E-state index is 4.84. The van der Waals surface area contributed by atoms with Gasteiger partial charge in [0.25, 0.3) is 0 Å². The molecule has 7 heteroatoms. The van der Waals surface area contributed by atoms with Crippen LogP contribution in [0, 0.1) is 6.92 Å². The summed E-state index contributed by atoms with van der Waals surface area (Å²) in [7, 11) is 0. The van der Waals surface area contributed by atoms with Crippen LogP contribution in [0.5, 0.6) is 0 Å². The van der Waals surface area contributed by atoms with Gasteiger partial charge in [-0.25, -0.2) is 9.97 Å². The van der Waals surface area contributed by atoms with Gasteiger partial charge in [-0.05, 0) is 48.7 Å². The Bertz CT molecular complexity index is 1210. The molecule has 5 rings (SSSR count). The minimum absolute atomic E-state index is 0.409. The second-order valence-corrected chi connectivity index (χ2v) is 8.20. The number of pyridine rings is 2. The molecule has 154 valence electrons. The fourth-order valence-corrected chi connectivity index (χ4v) is 4.18. The Balaban J connectivity index is 1.48. The quantitative estimate of drug-likeness (QED) is 0.541. The van der Waals surface area contributed by atoms with Gasteiger partial charge in [-0.3, -0.25) is 4.40 Å². The Morgan fingerprint density at radius 3 is 2.60 bits per heavy atom. The molecule has 2 N–H and O–H groups in total. The molecule has 4 aromatic heterocycles. The number of aromatic nitrogens is 4. The summed E-state index contributed by atoms with van der Waals surface area (Å²) in [5.41, 5.74) is 5.69. The van der Waals surface area contributed by atoms with Gasteiger partial charge < -0.3 is 15.5 Å². The van der Waals surface area contributed by atoms with Crippen LogP contribution in [0.1, 0.15) is 31.0 Å². The molecule has 0 radical (unpaired) electrons. The third-order valence-electron chi connectivity index (χ3n) is 5.75. The Labute approximate surface area is 176 Å². The largest absolute Gasteiger partial charge is 0.368 e. The summed E-state index contributed by atoms with van der Waals surface area (Å²) in [6.07, 6.45) is 3.82. The minimum Gasteiger partial charge on any atom is -0.368 e. The van der Waals surface area contributed by atoms with Gasteiger partial charge in [0.05, 0.1) is 11.9 Å². The Morgan fingerprint density at radius 2 is 1.83 bits per heavy atom.